The molecule has 0 spiro atoms. The lowest BCUT2D eigenvalue weighted by Crippen LogP contribution is -2.20. The minimum Gasteiger partial charge on any atom is -0.470 e. The number of alkyl halides is 5. The number of hydrogen-bond acceptors (Lipinski definition) is 3. The maximum Gasteiger partial charge on any atom is 0.265 e. The molecule has 0 aliphatic rings. The Labute approximate surface area is 118 Å². The first-order valence-corrected chi connectivity index (χ1v) is 6.05. The average Bonchev–Trinajstić information content (AvgIpc) is 2.66. The highest BCUT2D eigenvalue weighted by atomic mass is 35.6. The van der Waals surface area contributed by atoms with Crippen LogP contribution in [0.15, 0.2) is 22.8 Å². The number of nitrogens with one attached hydrogen (secondary N) is 1. The van der Waals surface area contributed by atoms with Crippen LogP contribution in [0.1, 0.15) is 5.76 Å². The Bertz CT molecular complexity index is 296. The molecule has 0 atom stereocenters. The van der Waals surface area contributed by atoms with Gasteiger partial charge in [-0.15, -0.1) is 23.2 Å². The van der Waals surface area contributed by atoms with Crippen molar-refractivity contribution >= 4 is 63.9 Å². The highest BCUT2D eigenvalue weighted by Crippen LogP contribution is 2.28. The predicted molar refractivity (Wildman–Crippen MR) is 68.1 cm³/mol. The van der Waals surface area contributed by atoms with E-state index in [1.807, 2.05) is 0 Å². The van der Waals surface area contributed by atoms with Gasteiger partial charge in [0.25, 0.3) is 3.79 Å². The molecule has 0 aromatic carbocycles. The quantitative estimate of drug-likeness (QED) is 0.491. The molecule has 8 heteroatoms. The summed E-state index contributed by atoms with van der Waals surface area (Å²) in [6, 6.07) is 3.41. The Hall–Kier alpha value is 0.200. The summed E-state index contributed by atoms with van der Waals surface area (Å²) in [6.45, 7) is 0.0831. The van der Waals surface area contributed by atoms with Crippen LogP contribution in [0.4, 0.5) is 0 Å². The van der Waals surface area contributed by atoms with Crippen molar-refractivity contribution in [3.8, 4) is 0 Å². The lowest BCUT2D eigenvalue weighted by Gasteiger charge is -2.12. The Balaban J connectivity index is 0.000000673. The molecule has 0 amide bonds. The summed E-state index contributed by atoms with van der Waals surface area (Å²) in [5, 5.41) is 7.38. The Kier molecular flexibility index (Phi) is 8.42. The Morgan fingerprint density at radius 1 is 1.38 bits per heavy atom. The molecule has 0 aliphatic carbocycles. The van der Waals surface area contributed by atoms with E-state index in [0.717, 1.165) is 0 Å². The maximum absolute atomic E-state index is 7.18. The fourth-order valence-corrected chi connectivity index (χ4v) is 0.783. The molecule has 1 aromatic rings. The van der Waals surface area contributed by atoms with Crippen molar-refractivity contribution in [2.24, 2.45) is 0 Å². The molecule has 0 unspecified atom stereocenters. The highest BCUT2D eigenvalue weighted by molar-refractivity contribution is 6.76. The van der Waals surface area contributed by atoms with E-state index in [2.05, 4.69) is 0 Å². The minimum absolute atomic E-state index is 0.0831. The van der Waals surface area contributed by atoms with E-state index in [1.54, 1.807) is 12.1 Å². The molecule has 0 saturated heterocycles. The lowest BCUT2D eigenvalue weighted by molar-refractivity contribution is 0.251. The number of hydrogen-bond donors (Lipinski definition) is 1. The van der Waals surface area contributed by atoms with Gasteiger partial charge in [-0.1, -0.05) is 34.8 Å². The van der Waals surface area contributed by atoms with Gasteiger partial charge in [0, 0.05) is 0 Å². The number of halogens is 5. The van der Waals surface area contributed by atoms with Gasteiger partial charge >= 0.3 is 0 Å². The van der Waals surface area contributed by atoms with E-state index in [1.165, 1.54) is 6.26 Å². The van der Waals surface area contributed by atoms with E-state index in [4.69, 9.17) is 72.6 Å². The summed E-state index contributed by atoms with van der Waals surface area (Å²) < 4.78 is 7.98. The van der Waals surface area contributed by atoms with Crippen molar-refractivity contribution in [3.63, 3.8) is 0 Å². The molecule has 0 radical (unpaired) electrons. The van der Waals surface area contributed by atoms with Crippen LogP contribution in [0.25, 0.3) is 0 Å². The molecule has 1 aromatic heterocycles. The molecule has 1 rings (SSSR count). The third-order valence-electron chi connectivity index (χ3n) is 1.20. The van der Waals surface area contributed by atoms with Crippen molar-refractivity contribution in [2.45, 2.75) is 10.4 Å². The molecule has 0 aliphatic heterocycles. The monoisotopic (exact) mass is 325 g/mol. The second-order valence-electron chi connectivity index (χ2n) is 2.30. The zero-order valence-corrected chi connectivity index (χ0v) is 11.6. The zero-order chi connectivity index (χ0) is 12.6. The van der Waals surface area contributed by atoms with Crippen LogP contribution in [-0.2, 0) is 11.3 Å². The smallest absolute Gasteiger partial charge is 0.265 e. The molecule has 0 saturated carbocycles. The lowest BCUT2D eigenvalue weighted by atomic mass is 10.5. The predicted octanol–water partition coefficient (Wildman–Crippen LogP) is 4.57. The Morgan fingerprint density at radius 3 is 2.31 bits per heavy atom. The standard InChI is InChI=1S/C7H6Cl3NO2.CH2Cl2/c8-7(9,10)6(11)13-4-5-2-1-3-12-5;2-1-3/h1-3,11H,4H2;1H2. The number of furan rings is 1. The topological polar surface area (TPSA) is 46.2 Å². The van der Waals surface area contributed by atoms with Crippen molar-refractivity contribution in [1.82, 2.24) is 0 Å². The van der Waals surface area contributed by atoms with Crippen LogP contribution >= 0.6 is 58.0 Å². The van der Waals surface area contributed by atoms with E-state index in [-0.39, 0.29) is 11.9 Å². The minimum atomic E-state index is -1.81. The largest absolute Gasteiger partial charge is 0.470 e. The number of rotatable bonds is 2. The van der Waals surface area contributed by atoms with Crippen molar-refractivity contribution in [2.75, 3.05) is 5.34 Å². The molecule has 1 N–H and O–H groups in total. The van der Waals surface area contributed by atoms with Crippen LogP contribution in [0.5, 0.6) is 0 Å². The number of ether oxygens (including phenoxy) is 1. The van der Waals surface area contributed by atoms with E-state index in [0.29, 0.717) is 5.76 Å². The molecule has 0 fully saturated rings. The summed E-state index contributed by atoms with van der Waals surface area (Å²) in [4.78, 5) is 0. The Morgan fingerprint density at radius 2 is 1.94 bits per heavy atom. The molecule has 1 heterocycles. The van der Waals surface area contributed by atoms with Gasteiger partial charge in [0.05, 0.1) is 11.6 Å². The fraction of sp³-hybridized carbons (Fsp3) is 0.375. The van der Waals surface area contributed by atoms with Crippen LogP contribution in [0.3, 0.4) is 0 Å². The van der Waals surface area contributed by atoms with Crippen LogP contribution in [0, 0.1) is 5.41 Å². The first-order chi connectivity index (χ1) is 7.41. The molecular formula is C8H8Cl5NO2. The summed E-state index contributed by atoms with van der Waals surface area (Å²) in [6.07, 6.45) is 1.50. The molecule has 16 heavy (non-hydrogen) atoms. The summed E-state index contributed by atoms with van der Waals surface area (Å²) in [5.74, 6) is 0.146. The highest BCUT2D eigenvalue weighted by Gasteiger charge is 2.28. The normalized spacial score (nSPS) is 10.3. The summed E-state index contributed by atoms with van der Waals surface area (Å²) in [7, 11) is 0. The third kappa shape index (κ3) is 7.47. The maximum atomic E-state index is 7.18. The van der Waals surface area contributed by atoms with Gasteiger partial charge < -0.3 is 9.15 Å². The van der Waals surface area contributed by atoms with Gasteiger partial charge in [0.15, 0.2) is 0 Å². The van der Waals surface area contributed by atoms with Gasteiger partial charge in [0.1, 0.15) is 12.4 Å². The SMILES string of the molecule is ClCCl.N=C(OCc1ccco1)C(Cl)(Cl)Cl. The van der Waals surface area contributed by atoms with E-state index < -0.39 is 9.69 Å². The van der Waals surface area contributed by atoms with Crippen LogP contribution in [-0.4, -0.2) is 15.0 Å². The van der Waals surface area contributed by atoms with Crippen molar-refractivity contribution in [3.05, 3.63) is 24.2 Å². The molecule has 3 nitrogen and oxygen atoms in total. The van der Waals surface area contributed by atoms with E-state index in [9.17, 15) is 0 Å². The first kappa shape index (κ1) is 16.2. The molecular weight excluding hydrogens is 319 g/mol. The van der Waals surface area contributed by atoms with Gasteiger partial charge in [0.2, 0.25) is 5.90 Å². The van der Waals surface area contributed by atoms with Crippen molar-refractivity contribution < 1.29 is 9.15 Å². The van der Waals surface area contributed by atoms with Crippen LogP contribution < -0.4 is 0 Å². The van der Waals surface area contributed by atoms with Gasteiger partial charge in [-0.25, -0.2) is 0 Å². The summed E-state index contributed by atoms with van der Waals surface area (Å²) >= 11 is 25.7. The zero-order valence-electron chi connectivity index (χ0n) is 7.85. The average molecular weight is 327 g/mol. The molecule has 0 bridgehead atoms. The molecule has 92 valence electrons. The summed E-state index contributed by atoms with van der Waals surface area (Å²) in [5.41, 5.74) is 0. The third-order valence-corrected chi connectivity index (χ3v) is 1.71. The van der Waals surface area contributed by atoms with Gasteiger partial charge in [-0.05, 0) is 12.1 Å². The van der Waals surface area contributed by atoms with Crippen molar-refractivity contribution in [1.29, 1.82) is 5.41 Å². The van der Waals surface area contributed by atoms with Gasteiger partial charge in [-0.2, -0.15) is 0 Å². The van der Waals surface area contributed by atoms with E-state index >= 15 is 0 Å². The van der Waals surface area contributed by atoms with Crippen LogP contribution in [0.2, 0.25) is 0 Å². The second-order valence-corrected chi connectivity index (χ2v) is 5.39. The fourth-order valence-electron chi connectivity index (χ4n) is 0.620. The van der Waals surface area contributed by atoms with Gasteiger partial charge in [-0.3, -0.25) is 5.41 Å². The first-order valence-electron chi connectivity index (χ1n) is 3.84. The second kappa shape index (κ2) is 8.31.